The number of rotatable bonds is 14. The summed E-state index contributed by atoms with van der Waals surface area (Å²) < 4.78 is 5.26. The van der Waals surface area contributed by atoms with Crippen molar-refractivity contribution in [3.8, 4) is 0 Å². The zero-order chi connectivity index (χ0) is 19.0. The van der Waals surface area contributed by atoms with E-state index in [1.165, 1.54) is 44.9 Å². The summed E-state index contributed by atoms with van der Waals surface area (Å²) in [6, 6.07) is 8.74. The van der Waals surface area contributed by atoms with E-state index >= 15 is 0 Å². The summed E-state index contributed by atoms with van der Waals surface area (Å²) in [4.78, 5) is 24.3. The summed E-state index contributed by atoms with van der Waals surface area (Å²) in [5, 5.41) is 9.00. The summed E-state index contributed by atoms with van der Waals surface area (Å²) in [6.45, 7) is 2.16. The third-order valence-electron chi connectivity index (χ3n) is 4.31. The first-order valence-corrected chi connectivity index (χ1v) is 9.86. The van der Waals surface area contributed by atoms with Crippen molar-refractivity contribution in [2.45, 2.75) is 71.1 Å². The van der Waals surface area contributed by atoms with Gasteiger partial charge in [0.2, 0.25) is 0 Å². The van der Waals surface area contributed by atoms with Crippen LogP contribution in [0.25, 0.3) is 0 Å². The summed E-state index contributed by atoms with van der Waals surface area (Å²) in [6.07, 6.45) is 11.5. The predicted octanol–water partition coefficient (Wildman–Crippen LogP) is 5.64. The van der Waals surface area contributed by atoms with E-state index < -0.39 is 18.6 Å². The first-order valence-electron chi connectivity index (χ1n) is 9.86. The molecule has 1 amide bonds. The molecule has 1 aromatic carbocycles. The summed E-state index contributed by atoms with van der Waals surface area (Å²) in [7, 11) is 0. The molecule has 146 valence electrons. The minimum atomic E-state index is -1.07. The first kappa shape index (κ1) is 22.0. The number of benzene rings is 1. The largest absolute Gasteiger partial charge is 0.480 e. The molecule has 0 bridgehead atoms. The Kier molecular flexibility index (Phi) is 12.0. The van der Waals surface area contributed by atoms with Crippen molar-refractivity contribution < 1.29 is 19.4 Å². The van der Waals surface area contributed by atoms with E-state index in [1.807, 2.05) is 6.07 Å². The maximum atomic E-state index is 12.2. The average Bonchev–Trinajstić information content (AvgIpc) is 2.64. The van der Waals surface area contributed by atoms with Crippen molar-refractivity contribution >= 4 is 17.7 Å². The molecule has 0 unspecified atom stereocenters. The summed E-state index contributed by atoms with van der Waals surface area (Å²) >= 11 is 0. The van der Waals surface area contributed by atoms with E-state index in [0.29, 0.717) is 12.3 Å². The van der Waals surface area contributed by atoms with Gasteiger partial charge in [-0.25, -0.2) is 4.79 Å². The lowest BCUT2D eigenvalue weighted by Crippen LogP contribution is -2.36. The number of carbonyl (C=O) groups excluding carboxylic acids is 1. The number of hydrogen-bond acceptors (Lipinski definition) is 3. The molecule has 0 atom stereocenters. The van der Waals surface area contributed by atoms with E-state index in [1.54, 1.807) is 24.3 Å². The lowest BCUT2D eigenvalue weighted by atomic mass is 10.1. The van der Waals surface area contributed by atoms with Gasteiger partial charge in [0, 0.05) is 5.69 Å². The van der Waals surface area contributed by atoms with E-state index in [0.717, 1.165) is 24.2 Å². The van der Waals surface area contributed by atoms with Gasteiger partial charge >= 0.3 is 12.1 Å². The standard InChI is InChI=1S/C21H33NO4/c1-2-3-4-5-6-7-8-9-10-14-17-26-21(25)22(18-20(23)24)19-15-12-11-13-16-19/h11-13,15-16H,2-10,14,17-18H2,1H3,(H,23,24). The number of carboxylic acids is 1. The molecule has 0 aliphatic rings. The van der Waals surface area contributed by atoms with Gasteiger partial charge in [0.25, 0.3) is 0 Å². The number of unbranched alkanes of at least 4 members (excludes halogenated alkanes) is 9. The monoisotopic (exact) mass is 363 g/mol. The third-order valence-corrected chi connectivity index (χ3v) is 4.31. The molecule has 5 nitrogen and oxygen atoms in total. The number of amides is 1. The van der Waals surface area contributed by atoms with Crippen molar-refractivity contribution in [3.05, 3.63) is 30.3 Å². The molecule has 0 aliphatic carbocycles. The smallest absolute Gasteiger partial charge is 0.414 e. The Bertz CT molecular complexity index is 504. The number of aliphatic carboxylic acids is 1. The van der Waals surface area contributed by atoms with Crippen LogP contribution in [0.1, 0.15) is 71.1 Å². The van der Waals surface area contributed by atoms with Crippen molar-refractivity contribution in [1.82, 2.24) is 0 Å². The molecule has 0 heterocycles. The van der Waals surface area contributed by atoms with Crippen LogP contribution in [-0.4, -0.2) is 30.3 Å². The molecule has 26 heavy (non-hydrogen) atoms. The first-order chi connectivity index (χ1) is 12.6. The molecular weight excluding hydrogens is 330 g/mol. The Morgan fingerprint density at radius 2 is 1.42 bits per heavy atom. The van der Waals surface area contributed by atoms with Gasteiger partial charge in [-0.3, -0.25) is 9.69 Å². The lowest BCUT2D eigenvalue weighted by Gasteiger charge is -2.20. The van der Waals surface area contributed by atoms with Crippen LogP contribution in [-0.2, 0) is 9.53 Å². The van der Waals surface area contributed by atoms with E-state index in [4.69, 9.17) is 9.84 Å². The fourth-order valence-corrected chi connectivity index (χ4v) is 2.83. The highest BCUT2D eigenvalue weighted by molar-refractivity contribution is 5.92. The van der Waals surface area contributed by atoms with Gasteiger partial charge in [0.05, 0.1) is 6.61 Å². The average molecular weight is 363 g/mol. The van der Waals surface area contributed by atoms with Crippen LogP contribution in [0.15, 0.2) is 30.3 Å². The second kappa shape index (κ2) is 14.2. The molecule has 0 aliphatic heterocycles. The van der Waals surface area contributed by atoms with Crippen LogP contribution in [0.3, 0.4) is 0 Å². The van der Waals surface area contributed by atoms with Crippen LogP contribution in [0.4, 0.5) is 10.5 Å². The number of anilines is 1. The maximum absolute atomic E-state index is 12.2. The Labute approximate surface area is 157 Å². The fraction of sp³-hybridized carbons (Fsp3) is 0.619. The van der Waals surface area contributed by atoms with Gasteiger partial charge < -0.3 is 9.84 Å². The van der Waals surface area contributed by atoms with Crippen LogP contribution < -0.4 is 4.90 Å². The second-order valence-corrected chi connectivity index (χ2v) is 6.61. The van der Waals surface area contributed by atoms with Gasteiger partial charge in [-0.2, -0.15) is 0 Å². The minimum Gasteiger partial charge on any atom is -0.480 e. The highest BCUT2D eigenvalue weighted by Gasteiger charge is 2.19. The number of para-hydroxylation sites is 1. The third kappa shape index (κ3) is 10.1. The number of hydrogen-bond donors (Lipinski definition) is 1. The van der Waals surface area contributed by atoms with Gasteiger partial charge in [0.15, 0.2) is 0 Å². The van der Waals surface area contributed by atoms with Gasteiger partial charge in [-0.05, 0) is 18.6 Å². The van der Waals surface area contributed by atoms with Crippen LogP contribution >= 0.6 is 0 Å². The topological polar surface area (TPSA) is 66.8 Å². The molecule has 0 fully saturated rings. The Balaban J connectivity index is 2.16. The zero-order valence-electron chi connectivity index (χ0n) is 16.0. The van der Waals surface area contributed by atoms with Gasteiger partial charge in [0.1, 0.15) is 6.54 Å². The molecule has 1 N–H and O–H groups in total. The quantitative estimate of drug-likeness (QED) is 0.435. The Morgan fingerprint density at radius 1 is 0.885 bits per heavy atom. The normalized spacial score (nSPS) is 10.5. The molecule has 1 aromatic rings. The van der Waals surface area contributed by atoms with E-state index in [9.17, 15) is 9.59 Å². The van der Waals surface area contributed by atoms with Gasteiger partial charge in [-0.15, -0.1) is 0 Å². The molecule has 5 heteroatoms. The lowest BCUT2D eigenvalue weighted by molar-refractivity contribution is -0.135. The zero-order valence-corrected chi connectivity index (χ0v) is 16.0. The maximum Gasteiger partial charge on any atom is 0.414 e. The summed E-state index contributed by atoms with van der Waals surface area (Å²) in [5.74, 6) is -1.07. The predicted molar refractivity (Wildman–Crippen MR) is 105 cm³/mol. The fourth-order valence-electron chi connectivity index (χ4n) is 2.83. The van der Waals surface area contributed by atoms with Crippen LogP contribution in [0, 0.1) is 0 Å². The van der Waals surface area contributed by atoms with Gasteiger partial charge in [-0.1, -0.05) is 82.9 Å². The minimum absolute atomic E-state index is 0.332. The van der Waals surface area contributed by atoms with Crippen molar-refractivity contribution in [1.29, 1.82) is 0 Å². The second-order valence-electron chi connectivity index (χ2n) is 6.61. The molecule has 0 radical (unpaired) electrons. The van der Waals surface area contributed by atoms with Crippen molar-refractivity contribution in [3.63, 3.8) is 0 Å². The molecule has 0 spiro atoms. The molecular formula is C21H33NO4. The molecule has 0 aromatic heterocycles. The Morgan fingerprint density at radius 3 is 1.96 bits per heavy atom. The molecule has 1 rings (SSSR count). The number of nitrogens with zero attached hydrogens (tertiary/aromatic N) is 1. The van der Waals surface area contributed by atoms with Crippen molar-refractivity contribution in [2.24, 2.45) is 0 Å². The summed E-state index contributed by atoms with van der Waals surface area (Å²) in [5.41, 5.74) is 0.531. The molecule has 0 saturated heterocycles. The van der Waals surface area contributed by atoms with Crippen LogP contribution in [0.5, 0.6) is 0 Å². The number of carboxylic acid groups (broad SMARTS) is 1. The van der Waals surface area contributed by atoms with E-state index in [-0.39, 0.29) is 0 Å². The number of ether oxygens (including phenoxy) is 1. The van der Waals surface area contributed by atoms with E-state index in [2.05, 4.69) is 6.92 Å². The Hall–Kier alpha value is -2.04. The SMILES string of the molecule is CCCCCCCCCCCCOC(=O)N(CC(=O)O)c1ccccc1. The highest BCUT2D eigenvalue weighted by atomic mass is 16.6. The van der Waals surface area contributed by atoms with Crippen molar-refractivity contribution in [2.75, 3.05) is 18.1 Å². The number of carbonyl (C=O) groups is 2. The van der Waals surface area contributed by atoms with Crippen LogP contribution in [0.2, 0.25) is 0 Å². The molecule has 0 saturated carbocycles. The highest BCUT2D eigenvalue weighted by Crippen LogP contribution is 2.15.